The molecular weight excluding hydrogens is 328 g/mol. The number of aromatic nitrogens is 3. The number of halogens is 1. The molecular formula is C16H15BrN4. The molecule has 4 nitrogen and oxygen atoms in total. The first-order valence-corrected chi connectivity index (χ1v) is 7.37. The van der Waals surface area contributed by atoms with Crippen molar-refractivity contribution in [2.45, 2.75) is 6.92 Å². The molecule has 5 heteroatoms. The van der Waals surface area contributed by atoms with E-state index in [1.165, 1.54) is 0 Å². The van der Waals surface area contributed by atoms with E-state index in [4.69, 9.17) is 5.73 Å². The van der Waals surface area contributed by atoms with Crippen molar-refractivity contribution in [3.8, 4) is 22.4 Å². The number of anilines is 1. The number of hydrogen-bond acceptors (Lipinski definition) is 3. The van der Waals surface area contributed by atoms with Gasteiger partial charge in [0.25, 0.3) is 0 Å². The summed E-state index contributed by atoms with van der Waals surface area (Å²) in [5.74, 6) is 0.649. The fourth-order valence-corrected chi connectivity index (χ4v) is 2.63. The van der Waals surface area contributed by atoms with Crippen LogP contribution in [0.5, 0.6) is 0 Å². The number of nitrogens with two attached hydrogens (primary N) is 1. The van der Waals surface area contributed by atoms with E-state index in [0.717, 1.165) is 32.6 Å². The first kappa shape index (κ1) is 13.8. The lowest BCUT2D eigenvalue weighted by molar-refractivity contribution is 0.782. The van der Waals surface area contributed by atoms with Gasteiger partial charge < -0.3 is 5.73 Å². The van der Waals surface area contributed by atoms with Crippen LogP contribution < -0.4 is 5.73 Å². The Morgan fingerprint density at radius 2 is 1.86 bits per heavy atom. The summed E-state index contributed by atoms with van der Waals surface area (Å²) in [6.45, 7) is 1.98. The van der Waals surface area contributed by atoms with Crippen LogP contribution >= 0.6 is 15.9 Å². The highest BCUT2D eigenvalue weighted by atomic mass is 79.9. The maximum Gasteiger partial charge on any atom is 0.129 e. The molecule has 0 fully saturated rings. The molecule has 0 amide bonds. The van der Waals surface area contributed by atoms with Gasteiger partial charge in [0.2, 0.25) is 0 Å². The second-order valence-corrected chi connectivity index (χ2v) is 5.79. The van der Waals surface area contributed by atoms with Crippen LogP contribution in [0.25, 0.3) is 22.4 Å². The van der Waals surface area contributed by atoms with Gasteiger partial charge in [-0.1, -0.05) is 28.1 Å². The Bertz CT molecular complexity index is 791. The van der Waals surface area contributed by atoms with Gasteiger partial charge in [0.05, 0.1) is 5.56 Å². The standard InChI is InChI=1S/C16H15BrN4/c1-10-13(4-3-9-19-10)15-14(16(18)21(2)20-15)11-5-7-12(17)8-6-11/h3-9H,18H2,1-2H3. The van der Waals surface area contributed by atoms with Crippen LogP contribution in [0.15, 0.2) is 47.1 Å². The average Bonchev–Trinajstić information content (AvgIpc) is 2.76. The molecule has 0 atom stereocenters. The van der Waals surface area contributed by atoms with Crippen molar-refractivity contribution < 1.29 is 0 Å². The van der Waals surface area contributed by atoms with E-state index in [9.17, 15) is 0 Å². The van der Waals surface area contributed by atoms with Crippen LogP contribution in [-0.4, -0.2) is 14.8 Å². The van der Waals surface area contributed by atoms with Gasteiger partial charge in [-0.2, -0.15) is 5.10 Å². The van der Waals surface area contributed by atoms with Gasteiger partial charge in [0.1, 0.15) is 11.5 Å². The van der Waals surface area contributed by atoms with Crippen molar-refractivity contribution in [2.24, 2.45) is 7.05 Å². The van der Waals surface area contributed by atoms with E-state index in [1.807, 2.05) is 50.4 Å². The molecule has 0 bridgehead atoms. The summed E-state index contributed by atoms with van der Waals surface area (Å²) in [5, 5.41) is 4.58. The van der Waals surface area contributed by atoms with Crippen molar-refractivity contribution in [1.29, 1.82) is 0 Å². The molecule has 0 saturated heterocycles. The lowest BCUT2D eigenvalue weighted by Crippen LogP contribution is -1.97. The number of rotatable bonds is 2. The second kappa shape index (κ2) is 5.33. The Hall–Kier alpha value is -2.14. The van der Waals surface area contributed by atoms with Crippen molar-refractivity contribution in [2.75, 3.05) is 5.73 Å². The van der Waals surface area contributed by atoms with Crippen molar-refractivity contribution in [3.63, 3.8) is 0 Å². The van der Waals surface area contributed by atoms with Gasteiger partial charge in [-0.15, -0.1) is 0 Å². The van der Waals surface area contributed by atoms with Gasteiger partial charge in [-0.05, 0) is 36.8 Å². The van der Waals surface area contributed by atoms with Gasteiger partial charge in [-0.3, -0.25) is 9.67 Å². The molecule has 3 rings (SSSR count). The fraction of sp³-hybridized carbons (Fsp3) is 0.125. The molecule has 21 heavy (non-hydrogen) atoms. The number of hydrogen-bond donors (Lipinski definition) is 1. The number of nitrogen functional groups attached to an aromatic ring is 1. The molecule has 106 valence electrons. The molecule has 0 spiro atoms. The molecule has 0 radical (unpaired) electrons. The lowest BCUT2D eigenvalue weighted by atomic mass is 10.0. The normalized spacial score (nSPS) is 10.8. The fourth-order valence-electron chi connectivity index (χ4n) is 2.36. The molecule has 2 aromatic heterocycles. The first-order valence-electron chi connectivity index (χ1n) is 6.58. The zero-order chi connectivity index (χ0) is 15.0. The Kier molecular flexibility index (Phi) is 3.51. The monoisotopic (exact) mass is 342 g/mol. The Morgan fingerprint density at radius 3 is 2.52 bits per heavy atom. The summed E-state index contributed by atoms with van der Waals surface area (Å²) >= 11 is 3.45. The third-order valence-corrected chi connectivity index (χ3v) is 4.02. The Labute approximate surface area is 131 Å². The highest BCUT2D eigenvalue weighted by Crippen LogP contribution is 2.36. The topological polar surface area (TPSA) is 56.7 Å². The quantitative estimate of drug-likeness (QED) is 0.770. The minimum atomic E-state index is 0.649. The van der Waals surface area contributed by atoms with E-state index in [0.29, 0.717) is 5.82 Å². The predicted molar refractivity (Wildman–Crippen MR) is 88.7 cm³/mol. The smallest absolute Gasteiger partial charge is 0.129 e. The van der Waals surface area contributed by atoms with Crippen LogP contribution in [0.3, 0.4) is 0 Å². The zero-order valence-electron chi connectivity index (χ0n) is 11.8. The average molecular weight is 343 g/mol. The third-order valence-electron chi connectivity index (χ3n) is 3.49. The maximum absolute atomic E-state index is 6.23. The zero-order valence-corrected chi connectivity index (χ0v) is 13.4. The minimum Gasteiger partial charge on any atom is -0.383 e. The first-order chi connectivity index (χ1) is 10.1. The van der Waals surface area contributed by atoms with Crippen LogP contribution in [0.4, 0.5) is 5.82 Å². The molecule has 0 aliphatic heterocycles. The van der Waals surface area contributed by atoms with E-state index in [1.54, 1.807) is 10.9 Å². The summed E-state index contributed by atoms with van der Waals surface area (Å²) < 4.78 is 2.74. The van der Waals surface area contributed by atoms with Gasteiger partial charge >= 0.3 is 0 Å². The van der Waals surface area contributed by atoms with Crippen LogP contribution in [-0.2, 0) is 7.05 Å². The highest BCUT2D eigenvalue weighted by Gasteiger charge is 2.18. The summed E-state index contributed by atoms with van der Waals surface area (Å²) in [6, 6.07) is 12.0. The van der Waals surface area contributed by atoms with Gasteiger partial charge in [-0.25, -0.2) is 0 Å². The van der Waals surface area contributed by atoms with Crippen molar-refractivity contribution >= 4 is 21.7 Å². The highest BCUT2D eigenvalue weighted by molar-refractivity contribution is 9.10. The van der Waals surface area contributed by atoms with E-state index >= 15 is 0 Å². The predicted octanol–water partition coefficient (Wildman–Crippen LogP) is 3.80. The molecule has 2 heterocycles. The Balaban J connectivity index is 2.26. The maximum atomic E-state index is 6.23. The Morgan fingerprint density at radius 1 is 1.14 bits per heavy atom. The summed E-state index contributed by atoms with van der Waals surface area (Å²) in [6.07, 6.45) is 1.78. The van der Waals surface area contributed by atoms with Gasteiger partial charge in [0, 0.05) is 29.0 Å². The molecule has 3 aromatic rings. The number of pyridine rings is 1. The van der Waals surface area contributed by atoms with Crippen LogP contribution in [0, 0.1) is 6.92 Å². The van der Waals surface area contributed by atoms with Crippen LogP contribution in [0.1, 0.15) is 5.69 Å². The van der Waals surface area contributed by atoms with E-state index in [-0.39, 0.29) is 0 Å². The molecule has 0 saturated carbocycles. The molecule has 0 unspecified atom stereocenters. The molecule has 0 aliphatic carbocycles. The molecule has 1 aromatic carbocycles. The summed E-state index contributed by atoms with van der Waals surface area (Å²) in [7, 11) is 1.85. The number of nitrogens with zero attached hydrogens (tertiary/aromatic N) is 3. The number of benzene rings is 1. The second-order valence-electron chi connectivity index (χ2n) is 4.88. The largest absolute Gasteiger partial charge is 0.383 e. The third kappa shape index (κ3) is 2.45. The van der Waals surface area contributed by atoms with Crippen LogP contribution in [0.2, 0.25) is 0 Å². The molecule has 2 N–H and O–H groups in total. The van der Waals surface area contributed by atoms with Gasteiger partial charge in [0.15, 0.2) is 0 Å². The minimum absolute atomic E-state index is 0.649. The SMILES string of the molecule is Cc1ncccc1-c1nn(C)c(N)c1-c1ccc(Br)cc1. The summed E-state index contributed by atoms with van der Waals surface area (Å²) in [5.41, 5.74) is 11.0. The molecule has 0 aliphatic rings. The lowest BCUT2D eigenvalue weighted by Gasteiger charge is -2.06. The van der Waals surface area contributed by atoms with E-state index in [2.05, 4.69) is 26.0 Å². The summed E-state index contributed by atoms with van der Waals surface area (Å²) in [4.78, 5) is 4.35. The van der Waals surface area contributed by atoms with Crippen molar-refractivity contribution in [3.05, 3.63) is 52.8 Å². The van der Waals surface area contributed by atoms with Crippen molar-refractivity contribution in [1.82, 2.24) is 14.8 Å². The van der Waals surface area contributed by atoms with E-state index < -0.39 is 0 Å². The number of aryl methyl sites for hydroxylation is 2.